The molecule has 1 aliphatic rings. The van der Waals surface area contributed by atoms with E-state index in [4.69, 9.17) is 4.52 Å². The zero-order valence-corrected chi connectivity index (χ0v) is 13.5. The van der Waals surface area contributed by atoms with Crippen LogP contribution in [0.4, 0.5) is 0 Å². The molecule has 0 amide bonds. The average molecular weight is 271 g/mol. The van der Waals surface area contributed by atoms with Crippen LogP contribution in [0.15, 0.2) is 16.7 Å². The van der Waals surface area contributed by atoms with Crippen molar-refractivity contribution < 1.29 is 4.52 Å². The van der Waals surface area contributed by atoms with Crippen molar-refractivity contribution in [2.24, 2.45) is 11.3 Å². The maximum absolute atomic E-state index is 5.73. The average Bonchev–Trinajstić information content (AvgIpc) is 2.90. The van der Waals surface area contributed by atoms with E-state index in [1.54, 1.807) is 0 Å². The van der Waals surface area contributed by atoms with Gasteiger partial charge in [0.2, 0.25) is 0 Å². The molecule has 2 heteroatoms. The van der Waals surface area contributed by atoms with E-state index in [0.717, 1.165) is 17.7 Å². The number of nitrogens with zero attached hydrogens (tertiary/aromatic N) is 1. The molecule has 1 aliphatic carbocycles. The zero-order valence-electron chi connectivity index (χ0n) is 13.5. The molecule has 1 heterocycles. The summed E-state index contributed by atoms with van der Waals surface area (Å²) in [5.74, 6) is 0.700. The van der Waals surface area contributed by atoms with E-state index < -0.39 is 0 Å². The Morgan fingerprint density at radius 2 is 1.75 bits per heavy atom. The third-order valence-corrected chi connectivity index (χ3v) is 4.69. The van der Waals surface area contributed by atoms with Gasteiger partial charge in [-0.05, 0) is 35.8 Å². The number of aromatic nitrogens is 1. The summed E-state index contributed by atoms with van der Waals surface area (Å²) in [7, 11) is 0. The molecule has 0 radical (unpaired) electrons. The van der Waals surface area contributed by atoms with E-state index in [0.29, 0.717) is 11.3 Å². The smallest absolute Gasteiger partial charge is 0.170 e. The number of fused-ring (bicyclic) bond motifs is 3. The van der Waals surface area contributed by atoms with Gasteiger partial charge in [-0.1, -0.05) is 52.8 Å². The molecule has 20 heavy (non-hydrogen) atoms. The predicted octanol–water partition coefficient (Wildman–Crippen LogP) is 4.89. The van der Waals surface area contributed by atoms with Gasteiger partial charge in [-0.3, -0.25) is 0 Å². The number of benzene rings is 1. The molecule has 2 nitrogen and oxygen atoms in total. The molecular weight excluding hydrogens is 246 g/mol. The maximum atomic E-state index is 5.73. The maximum Gasteiger partial charge on any atom is 0.170 e. The Hall–Kier alpha value is -1.31. The van der Waals surface area contributed by atoms with Gasteiger partial charge >= 0.3 is 0 Å². The molecule has 0 bridgehead atoms. The van der Waals surface area contributed by atoms with Crippen LogP contribution in [0.5, 0.6) is 0 Å². The van der Waals surface area contributed by atoms with Gasteiger partial charge in [-0.2, -0.15) is 0 Å². The molecule has 0 spiro atoms. The Balaban J connectivity index is 2.11. The summed E-state index contributed by atoms with van der Waals surface area (Å²) in [4.78, 5) is 0. The van der Waals surface area contributed by atoms with Gasteiger partial charge in [0.1, 0.15) is 0 Å². The van der Waals surface area contributed by atoms with Crippen LogP contribution in [0, 0.1) is 11.3 Å². The summed E-state index contributed by atoms with van der Waals surface area (Å²) < 4.78 is 5.73. The minimum atomic E-state index is 0.0293. The van der Waals surface area contributed by atoms with Gasteiger partial charge in [-0.15, -0.1) is 0 Å². The third-order valence-electron chi connectivity index (χ3n) is 4.69. The van der Waals surface area contributed by atoms with E-state index in [2.05, 4.69) is 58.8 Å². The van der Waals surface area contributed by atoms with Crippen molar-refractivity contribution in [2.45, 2.75) is 59.8 Å². The largest absolute Gasteiger partial charge is 0.356 e. The fourth-order valence-corrected chi connectivity index (χ4v) is 3.25. The van der Waals surface area contributed by atoms with Crippen LogP contribution >= 0.6 is 0 Å². The van der Waals surface area contributed by atoms with E-state index >= 15 is 0 Å². The lowest BCUT2D eigenvalue weighted by atomic mass is 9.79. The van der Waals surface area contributed by atoms with Gasteiger partial charge in [-0.25, -0.2) is 0 Å². The summed E-state index contributed by atoms with van der Waals surface area (Å²) in [5, 5.41) is 5.56. The van der Waals surface area contributed by atoms with Crippen molar-refractivity contribution in [3.63, 3.8) is 0 Å². The Morgan fingerprint density at radius 3 is 2.35 bits per heavy atom. The van der Waals surface area contributed by atoms with Crippen LogP contribution in [-0.2, 0) is 18.3 Å². The molecule has 0 saturated heterocycles. The second-order valence-electron chi connectivity index (χ2n) is 8.33. The van der Waals surface area contributed by atoms with Crippen LogP contribution in [0.1, 0.15) is 58.4 Å². The minimum absolute atomic E-state index is 0.0293. The first kappa shape index (κ1) is 13.7. The summed E-state index contributed by atoms with van der Waals surface area (Å²) in [6.45, 7) is 13.6. The molecule has 1 unspecified atom stereocenters. The number of hydrogen-bond donors (Lipinski definition) is 0. The minimum Gasteiger partial charge on any atom is -0.356 e. The van der Waals surface area contributed by atoms with Crippen LogP contribution < -0.4 is 0 Å². The molecule has 0 aliphatic heterocycles. The van der Waals surface area contributed by atoms with E-state index in [-0.39, 0.29) is 5.41 Å². The molecule has 1 aromatic carbocycles. The SMILES string of the molecule is CC(C)(C)c1noc2c3c(ccc12)CC(C(C)(C)C)C3. The van der Waals surface area contributed by atoms with Crippen molar-refractivity contribution in [1.82, 2.24) is 5.16 Å². The van der Waals surface area contributed by atoms with Crippen LogP contribution in [-0.4, -0.2) is 5.16 Å². The topological polar surface area (TPSA) is 26.0 Å². The van der Waals surface area contributed by atoms with Crippen LogP contribution in [0.2, 0.25) is 0 Å². The lowest BCUT2D eigenvalue weighted by molar-refractivity contribution is 0.250. The van der Waals surface area contributed by atoms with Crippen molar-refractivity contribution in [3.8, 4) is 0 Å². The fourth-order valence-electron chi connectivity index (χ4n) is 3.25. The Bertz CT molecular complexity index is 652. The summed E-state index contributed by atoms with van der Waals surface area (Å²) in [5.41, 5.74) is 5.33. The van der Waals surface area contributed by atoms with Gasteiger partial charge < -0.3 is 4.52 Å². The Labute approximate surface area is 121 Å². The molecule has 0 fully saturated rings. The van der Waals surface area contributed by atoms with E-state index in [1.165, 1.54) is 22.9 Å². The number of hydrogen-bond acceptors (Lipinski definition) is 2. The first-order chi connectivity index (χ1) is 9.18. The second kappa shape index (κ2) is 4.09. The molecule has 0 N–H and O–H groups in total. The number of rotatable bonds is 0. The molecule has 1 aromatic heterocycles. The van der Waals surface area contributed by atoms with Crippen molar-refractivity contribution in [3.05, 3.63) is 29.0 Å². The molecule has 1 atom stereocenters. The lowest BCUT2D eigenvalue weighted by Gasteiger charge is -2.26. The summed E-state index contributed by atoms with van der Waals surface area (Å²) in [6, 6.07) is 4.49. The zero-order chi connectivity index (χ0) is 14.7. The molecule has 3 rings (SSSR count). The third kappa shape index (κ3) is 2.06. The first-order valence-corrected chi connectivity index (χ1v) is 7.58. The van der Waals surface area contributed by atoms with Crippen LogP contribution in [0.25, 0.3) is 11.0 Å². The van der Waals surface area contributed by atoms with E-state index in [1.807, 2.05) is 0 Å². The van der Waals surface area contributed by atoms with E-state index in [9.17, 15) is 0 Å². The summed E-state index contributed by atoms with van der Waals surface area (Å²) >= 11 is 0. The highest BCUT2D eigenvalue weighted by molar-refractivity contribution is 5.85. The quantitative estimate of drug-likeness (QED) is 0.682. The predicted molar refractivity (Wildman–Crippen MR) is 83.1 cm³/mol. The van der Waals surface area contributed by atoms with Gasteiger partial charge in [0.05, 0.1) is 5.69 Å². The van der Waals surface area contributed by atoms with Gasteiger partial charge in [0.25, 0.3) is 0 Å². The first-order valence-electron chi connectivity index (χ1n) is 7.58. The van der Waals surface area contributed by atoms with Gasteiger partial charge in [0.15, 0.2) is 5.58 Å². The molecule has 2 aromatic rings. The molecular formula is C18H25NO. The Morgan fingerprint density at radius 1 is 1.05 bits per heavy atom. The fraction of sp³-hybridized carbons (Fsp3) is 0.611. The standard InChI is InChI=1S/C18H25NO/c1-17(2,3)12-9-11-7-8-13-15(14(11)10-12)20-19-16(13)18(4,5)6/h7-8,12H,9-10H2,1-6H3. The summed E-state index contributed by atoms with van der Waals surface area (Å²) in [6.07, 6.45) is 2.29. The highest BCUT2D eigenvalue weighted by Gasteiger charge is 2.34. The lowest BCUT2D eigenvalue weighted by Crippen LogP contribution is -2.20. The van der Waals surface area contributed by atoms with Crippen molar-refractivity contribution >= 4 is 11.0 Å². The van der Waals surface area contributed by atoms with Crippen LogP contribution in [0.3, 0.4) is 0 Å². The monoisotopic (exact) mass is 271 g/mol. The second-order valence-corrected chi connectivity index (χ2v) is 8.33. The van der Waals surface area contributed by atoms with Crippen molar-refractivity contribution in [2.75, 3.05) is 0 Å². The highest BCUT2D eigenvalue weighted by Crippen LogP contribution is 2.42. The Kier molecular flexibility index (Phi) is 2.80. The van der Waals surface area contributed by atoms with Crippen molar-refractivity contribution in [1.29, 1.82) is 0 Å². The highest BCUT2D eigenvalue weighted by atomic mass is 16.5. The van der Waals surface area contributed by atoms with Gasteiger partial charge in [0, 0.05) is 16.4 Å². The normalized spacial score (nSPS) is 19.6. The molecule has 0 saturated carbocycles. The molecule has 108 valence electrons.